The predicted molar refractivity (Wildman–Crippen MR) is 169 cm³/mol. The summed E-state index contributed by atoms with van der Waals surface area (Å²) in [7, 11) is -2.92. The Morgan fingerprint density at radius 1 is 0.881 bits per heavy atom. The van der Waals surface area contributed by atoms with Crippen molar-refractivity contribution in [2.45, 2.75) is 44.8 Å². The summed E-state index contributed by atoms with van der Waals surface area (Å²) < 4.78 is 29.0. The first-order valence-electron chi connectivity index (χ1n) is 14.8. The lowest BCUT2D eigenvalue weighted by atomic mass is 9.98. The number of rotatable bonds is 9. The zero-order valence-corrected chi connectivity index (χ0v) is 25.6. The number of fused-ring (bicyclic) bond motifs is 1. The highest BCUT2D eigenvalue weighted by molar-refractivity contribution is 7.90. The maximum Gasteiger partial charge on any atom is 0.296 e. The number of aromatic amines is 1. The Labute approximate surface area is 253 Å². The number of nitrogens with zero attached hydrogens (tertiary/aromatic N) is 4. The molecule has 1 saturated carbocycles. The van der Waals surface area contributed by atoms with E-state index in [0.29, 0.717) is 28.9 Å². The third kappa shape index (κ3) is 7.32. The van der Waals surface area contributed by atoms with Crippen molar-refractivity contribution in [1.82, 2.24) is 24.8 Å². The molecule has 1 saturated heterocycles. The van der Waals surface area contributed by atoms with Gasteiger partial charge in [-0.2, -0.15) is 4.98 Å². The second-order valence-corrected chi connectivity index (χ2v) is 14.3. The largest absolute Gasteiger partial charge is 0.461 e. The fraction of sp³-hybridized carbons (Fsp3) is 0.438. The molecule has 8 nitrogen and oxygen atoms in total. The first-order chi connectivity index (χ1) is 20.3. The molecule has 6 rings (SSSR count). The van der Waals surface area contributed by atoms with Gasteiger partial charge in [-0.3, -0.25) is 9.80 Å². The van der Waals surface area contributed by atoms with Gasteiger partial charge in [0.1, 0.15) is 15.9 Å². The summed E-state index contributed by atoms with van der Waals surface area (Å²) in [6.07, 6.45) is 7.34. The molecule has 0 radical (unpaired) electrons. The fourth-order valence-electron chi connectivity index (χ4n) is 5.84. The summed E-state index contributed by atoms with van der Waals surface area (Å²) in [6, 6.07) is 19.4. The van der Waals surface area contributed by atoms with E-state index in [4.69, 9.17) is 21.3 Å². The molecule has 222 valence electrons. The minimum atomic E-state index is -2.92. The first-order valence-corrected chi connectivity index (χ1v) is 17.3. The molecule has 0 bridgehead atoms. The maximum absolute atomic E-state index is 11.4. The number of benzene rings is 2. The van der Waals surface area contributed by atoms with E-state index in [0.717, 1.165) is 67.8 Å². The van der Waals surface area contributed by atoms with Gasteiger partial charge in [-0.15, -0.1) is 0 Å². The standard InChI is InChI=1S/C32H38ClN5O3S/c1-42(39,40)20-19-37-15-17-38(18-16-37)22-23-7-9-24(10-8-23)25-11-13-26(14-12-25)30-28(33)21-29-31(35-30)36-32(34-29)41-27-5-3-2-4-6-27/h7-14,21,27H,2-6,15-20,22H2,1H3,(H,34,35,36). The van der Waals surface area contributed by atoms with Gasteiger partial charge < -0.3 is 9.72 Å². The Morgan fingerprint density at radius 3 is 2.17 bits per heavy atom. The van der Waals surface area contributed by atoms with E-state index in [1.807, 2.05) is 6.07 Å². The van der Waals surface area contributed by atoms with Gasteiger partial charge in [-0.25, -0.2) is 13.4 Å². The van der Waals surface area contributed by atoms with Crippen molar-refractivity contribution in [3.63, 3.8) is 0 Å². The van der Waals surface area contributed by atoms with Gasteiger partial charge in [0.25, 0.3) is 6.01 Å². The van der Waals surface area contributed by atoms with Gasteiger partial charge in [0, 0.05) is 51.1 Å². The summed E-state index contributed by atoms with van der Waals surface area (Å²) in [6.45, 7) is 5.22. The zero-order chi connectivity index (χ0) is 29.1. The molecule has 1 aliphatic carbocycles. The second kappa shape index (κ2) is 12.7. The lowest BCUT2D eigenvalue weighted by molar-refractivity contribution is 0.132. The molecule has 1 aliphatic heterocycles. The minimum absolute atomic E-state index is 0.215. The summed E-state index contributed by atoms with van der Waals surface area (Å²) in [5.41, 5.74) is 6.59. The Bertz CT molecular complexity index is 1610. The van der Waals surface area contributed by atoms with Crippen LogP contribution in [-0.2, 0) is 16.4 Å². The summed E-state index contributed by atoms with van der Waals surface area (Å²) >= 11 is 6.65. The maximum atomic E-state index is 11.4. The van der Waals surface area contributed by atoms with Gasteiger partial charge in [-0.1, -0.05) is 66.6 Å². The van der Waals surface area contributed by atoms with Crippen LogP contribution in [0, 0.1) is 0 Å². The highest BCUT2D eigenvalue weighted by Gasteiger charge is 2.19. The topological polar surface area (TPSA) is 91.4 Å². The molecule has 0 spiro atoms. The first kappa shape index (κ1) is 29.1. The molecule has 0 atom stereocenters. The zero-order valence-electron chi connectivity index (χ0n) is 24.1. The van der Waals surface area contributed by atoms with Crippen LogP contribution in [0.5, 0.6) is 6.01 Å². The monoisotopic (exact) mass is 607 g/mol. The van der Waals surface area contributed by atoms with Crippen molar-refractivity contribution >= 4 is 32.6 Å². The number of hydrogen-bond donors (Lipinski definition) is 1. The van der Waals surface area contributed by atoms with E-state index in [-0.39, 0.29) is 11.9 Å². The van der Waals surface area contributed by atoms with Crippen LogP contribution in [0.4, 0.5) is 0 Å². The fourth-order valence-corrected chi connectivity index (χ4v) is 6.69. The van der Waals surface area contributed by atoms with E-state index in [1.165, 1.54) is 31.1 Å². The average molecular weight is 608 g/mol. The van der Waals surface area contributed by atoms with Crippen LogP contribution in [0.1, 0.15) is 37.7 Å². The number of imidazole rings is 1. The van der Waals surface area contributed by atoms with Crippen LogP contribution in [0.25, 0.3) is 33.5 Å². The van der Waals surface area contributed by atoms with E-state index >= 15 is 0 Å². The van der Waals surface area contributed by atoms with Gasteiger partial charge >= 0.3 is 0 Å². The van der Waals surface area contributed by atoms with Crippen molar-refractivity contribution in [3.05, 3.63) is 65.2 Å². The number of piperazine rings is 1. The Kier molecular flexibility index (Phi) is 8.81. The van der Waals surface area contributed by atoms with Crippen molar-refractivity contribution in [2.75, 3.05) is 44.7 Å². The predicted octanol–water partition coefficient (Wildman–Crippen LogP) is 5.82. The molecule has 1 N–H and O–H groups in total. The molecule has 2 fully saturated rings. The molecular formula is C32H38ClN5O3S. The molecule has 0 amide bonds. The van der Waals surface area contributed by atoms with E-state index in [9.17, 15) is 8.42 Å². The van der Waals surface area contributed by atoms with Crippen LogP contribution in [0.15, 0.2) is 54.6 Å². The van der Waals surface area contributed by atoms with Crippen LogP contribution in [-0.4, -0.2) is 84.0 Å². The van der Waals surface area contributed by atoms with Crippen molar-refractivity contribution in [1.29, 1.82) is 0 Å². The molecule has 3 heterocycles. The summed E-state index contributed by atoms with van der Waals surface area (Å²) in [4.78, 5) is 17.3. The number of aromatic nitrogens is 3. The van der Waals surface area contributed by atoms with Crippen molar-refractivity contribution < 1.29 is 13.2 Å². The number of nitrogens with one attached hydrogen (secondary N) is 1. The summed E-state index contributed by atoms with van der Waals surface area (Å²) in [5, 5.41) is 0.573. The Morgan fingerprint density at radius 2 is 1.50 bits per heavy atom. The third-order valence-corrected chi connectivity index (χ3v) is 9.54. The van der Waals surface area contributed by atoms with Gasteiger partial charge in [-0.05, 0) is 48.4 Å². The van der Waals surface area contributed by atoms with Crippen molar-refractivity contribution in [3.8, 4) is 28.4 Å². The van der Waals surface area contributed by atoms with Crippen LogP contribution in [0.3, 0.4) is 0 Å². The molecular weight excluding hydrogens is 570 g/mol. The lowest BCUT2D eigenvalue weighted by Gasteiger charge is -2.34. The summed E-state index contributed by atoms with van der Waals surface area (Å²) in [5.74, 6) is 0.231. The van der Waals surface area contributed by atoms with Crippen LogP contribution in [0.2, 0.25) is 5.02 Å². The normalized spacial score (nSPS) is 17.6. The van der Waals surface area contributed by atoms with Gasteiger partial charge in [0.15, 0.2) is 5.65 Å². The van der Waals surface area contributed by atoms with E-state index in [1.54, 1.807) is 0 Å². The molecule has 0 unspecified atom stereocenters. The number of pyridine rings is 1. The van der Waals surface area contributed by atoms with E-state index in [2.05, 4.69) is 68.3 Å². The number of H-pyrrole nitrogens is 1. The number of ether oxygens (including phenoxy) is 1. The number of hydrogen-bond acceptors (Lipinski definition) is 7. The highest BCUT2D eigenvalue weighted by atomic mass is 35.5. The van der Waals surface area contributed by atoms with Crippen molar-refractivity contribution in [2.24, 2.45) is 0 Å². The average Bonchev–Trinajstić information content (AvgIpc) is 3.38. The lowest BCUT2D eigenvalue weighted by Crippen LogP contribution is -2.47. The second-order valence-electron chi connectivity index (χ2n) is 11.6. The molecule has 2 aromatic heterocycles. The Balaban J connectivity index is 1.07. The highest BCUT2D eigenvalue weighted by Crippen LogP contribution is 2.32. The third-order valence-electron chi connectivity index (χ3n) is 8.33. The SMILES string of the molecule is CS(=O)(=O)CCN1CCN(Cc2ccc(-c3ccc(-c4nc5nc(OC6CCCCC6)[nH]c5cc4Cl)cc3)cc2)CC1. The van der Waals surface area contributed by atoms with Crippen LogP contribution < -0.4 is 4.74 Å². The van der Waals surface area contributed by atoms with Gasteiger partial charge in [0.05, 0.1) is 22.0 Å². The molecule has 42 heavy (non-hydrogen) atoms. The Hall–Kier alpha value is -2.98. The number of sulfone groups is 1. The molecule has 2 aromatic carbocycles. The number of halogens is 1. The smallest absolute Gasteiger partial charge is 0.296 e. The quantitative estimate of drug-likeness (QED) is 0.256. The van der Waals surface area contributed by atoms with E-state index < -0.39 is 9.84 Å². The van der Waals surface area contributed by atoms with Crippen LogP contribution >= 0.6 is 11.6 Å². The van der Waals surface area contributed by atoms with Gasteiger partial charge in [0.2, 0.25) is 0 Å². The molecule has 2 aliphatic rings. The molecule has 10 heteroatoms. The minimum Gasteiger partial charge on any atom is -0.461 e. The molecule has 4 aromatic rings.